The minimum Gasteiger partial charge on any atom is -0.480 e. The Morgan fingerprint density at radius 3 is 1.27 bits per heavy atom. The monoisotopic (exact) mass is 532 g/mol. The van der Waals surface area contributed by atoms with Gasteiger partial charge in [0.15, 0.2) is 0 Å². The highest BCUT2D eigenvalue weighted by Gasteiger charge is 2.03. The Bertz CT molecular complexity index is 543. The number of carbonyl (C=O) groups is 4. The number of carboxylic acids is 1. The summed E-state index contributed by atoms with van der Waals surface area (Å²) < 4.78 is 0. The topological polar surface area (TPSA) is 156 Å². The Morgan fingerprint density at radius 1 is 0.649 bits per heavy atom. The van der Waals surface area contributed by atoms with E-state index in [1.54, 1.807) is 0 Å². The predicted octanol–water partition coefficient (Wildman–Crippen LogP) is 6.52. The van der Waals surface area contributed by atoms with Gasteiger partial charge in [-0.15, -0.1) is 0 Å². The molecule has 0 aliphatic heterocycles. The number of rotatable bonds is 22. The number of nitrogens with one attached hydrogen (secondary N) is 1. The lowest BCUT2D eigenvalue weighted by atomic mass is 10.1. The molecule has 0 radical (unpaired) electrons. The summed E-state index contributed by atoms with van der Waals surface area (Å²) in [4.78, 5) is 44.3. The molecule has 220 valence electrons. The lowest BCUT2D eigenvalue weighted by Gasteiger charge is -2.03. The summed E-state index contributed by atoms with van der Waals surface area (Å²) in [7, 11) is 0. The maximum absolute atomic E-state index is 11.2. The molecule has 0 aromatic heterocycles. The quantitative estimate of drug-likeness (QED) is 0.0702. The number of unbranched alkanes of at least 4 members (excludes halogenated alkanes) is 16. The molecule has 0 aliphatic rings. The number of nitrogens with two attached hydrogens (primary N) is 1. The van der Waals surface area contributed by atoms with E-state index in [2.05, 4.69) is 24.1 Å². The first-order chi connectivity index (χ1) is 17.7. The first kappa shape index (κ1) is 39.4. The Morgan fingerprint density at radius 2 is 0.973 bits per heavy atom. The second-order valence-electron chi connectivity index (χ2n) is 9.38. The summed E-state index contributed by atoms with van der Waals surface area (Å²) >= 11 is 0. The maximum atomic E-state index is 11.2. The van der Waals surface area contributed by atoms with Gasteiger partial charge < -0.3 is 21.0 Å². The van der Waals surface area contributed by atoms with Gasteiger partial charge in [-0.05, 0) is 12.8 Å². The van der Waals surface area contributed by atoms with Gasteiger partial charge in [-0.3, -0.25) is 14.4 Å². The molecule has 2 amide bonds. The van der Waals surface area contributed by atoms with Crippen molar-refractivity contribution in [1.29, 1.82) is 0 Å². The number of hydrogen-bond acceptors (Lipinski definition) is 6. The van der Waals surface area contributed by atoms with E-state index >= 15 is 0 Å². The van der Waals surface area contributed by atoms with Crippen LogP contribution in [0.5, 0.6) is 0 Å². The van der Waals surface area contributed by atoms with Crippen LogP contribution in [0.25, 0.3) is 0 Å². The molecule has 0 bridgehead atoms. The minimum atomic E-state index is -0.990. The van der Waals surface area contributed by atoms with E-state index in [1.165, 1.54) is 89.9 Å². The second-order valence-corrected chi connectivity index (χ2v) is 9.38. The van der Waals surface area contributed by atoms with E-state index in [4.69, 9.17) is 16.1 Å². The molecule has 0 saturated carbocycles. The van der Waals surface area contributed by atoms with E-state index in [0.29, 0.717) is 12.8 Å². The summed E-state index contributed by atoms with van der Waals surface area (Å²) in [5.41, 5.74) is 5.05. The Labute approximate surface area is 225 Å². The van der Waals surface area contributed by atoms with Crippen molar-refractivity contribution in [2.45, 2.75) is 149 Å². The van der Waals surface area contributed by atoms with Crippen molar-refractivity contribution in [1.82, 2.24) is 5.32 Å². The zero-order valence-corrected chi connectivity index (χ0v) is 23.9. The molecule has 0 aromatic rings. The van der Waals surface area contributed by atoms with Crippen LogP contribution in [0, 0.1) is 0 Å². The highest BCUT2D eigenvalue weighted by atomic mass is 17.1. The standard InChI is InChI=1S/C14H27NO3.C12H25NO.C2H4O3/c1-2-3-4-5-6-7-8-9-10-11-13(16)15-12-14(17)18;1-2-3-4-5-6-7-8-9-10-11-12(13)14;1-2(3)5-4/h2-12H2,1H3,(H,15,16)(H,17,18);2-11H2,1H3,(H2,13,14);4H,1H3. The second kappa shape index (κ2) is 33.8. The minimum absolute atomic E-state index is 0.152. The summed E-state index contributed by atoms with van der Waals surface area (Å²) in [5.74, 6) is -1.99. The highest BCUT2D eigenvalue weighted by Crippen LogP contribution is 2.11. The van der Waals surface area contributed by atoms with Crippen molar-refractivity contribution in [3.8, 4) is 0 Å². The molecule has 0 aromatic carbocycles. The number of carbonyl (C=O) groups excluding carboxylic acids is 3. The third kappa shape index (κ3) is 47.6. The normalized spacial score (nSPS) is 9.84. The smallest absolute Gasteiger partial charge is 0.339 e. The zero-order chi connectivity index (χ0) is 28.6. The van der Waals surface area contributed by atoms with E-state index in [1.807, 2.05) is 0 Å². The Kier molecular flexibility index (Phi) is 36.0. The van der Waals surface area contributed by atoms with Crippen LogP contribution in [-0.2, 0) is 24.1 Å². The number of aliphatic carboxylic acids is 1. The van der Waals surface area contributed by atoms with Gasteiger partial charge in [0.2, 0.25) is 11.8 Å². The molecule has 0 fully saturated rings. The molecule has 37 heavy (non-hydrogen) atoms. The summed E-state index contributed by atoms with van der Waals surface area (Å²) in [6, 6.07) is 0. The van der Waals surface area contributed by atoms with Gasteiger partial charge in [-0.1, -0.05) is 117 Å². The average Bonchev–Trinajstić information content (AvgIpc) is 2.86. The average molecular weight is 533 g/mol. The molecule has 5 N–H and O–H groups in total. The predicted molar refractivity (Wildman–Crippen MR) is 148 cm³/mol. The molecule has 0 heterocycles. The molecule has 0 rings (SSSR count). The van der Waals surface area contributed by atoms with Crippen molar-refractivity contribution in [3.63, 3.8) is 0 Å². The van der Waals surface area contributed by atoms with E-state index < -0.39 is 11.9 Å². The van der Waals surface area contributed by atoms with Gasteiger partial charge in [0, 0.05) is 19.8 Å². The van der Waals surface area contributed by atoms with Crippen LogP contribution in [0.3, 0.4) is 0 Å². The molecule has 0 unspecified atom stereocenters. The van der Waals surface area contributed by atoms with Gasteiger partial charge in [0.25, 0.3) is 0 Å². The van der Waals surface area contributed by atoms with Gasteiger partial charge in [0.05, 0.1) is 0 Å². The summed E-state index contributed by atoms with van der Waals surface area (Å²) in [5, 5.41) is 18.0. The summed E-state index contributed by atoms with van der Waals surface area (Å²) in [6.07, 6.45) is 23.5. The van der Waals surface area contributed by atoms with Gasteiger partial charge >= 0.3 is 11.9 Å². The van der Waals surface area contributed by atoms with Gasteiger partial charge in [0.1, 0.15) is 6.54 Å². The lowest BCUT2D eigenvalue weighted by Crippen LogP contribution is -2.28. The number of primary amides is 1. The van der Waals surface area contributed by atoms with E-state index in [0.717, 1.165) is 32.6 Å². The molecule has 0 spiro atoms. The lowest BCUT2D eigenvalue weighted by molar-refractivity contribution is -0.231. The van der Waals surface area contributed by atoms with Crippen molar-refractivity contribution < 1.29 is 34.4 Å². The molecule has 9 heteroatoms. The first-order valence-electron chi connectivity index (χ1n) is 14.3. The molecule has 0 aliphatic carbocycles. The third-order valence-corrected chi connectivity index (χ3v) is 5.60. The van der Waals surface area contributed by atoms with E-state index in [-0.39, 0.29) is 18.4 Å². The maximum Gasteiger partial charge on any atom is 0.339 e. The molecule has 0 saturated heterocycles. The first-order valence-corrected chi connectivity index (χ1v) is 14.3. The number of amides is 2. The van der Waals surface area contributed by atoms with Crippen LogP contribution in [0.1, 0.15) is 149 Å². The van der Waals surface area contributed by atoms with Crippen LogP contribution in [0.4, 0.5) is 0 Å². The van der Waals surface area contributed by atoms with Crippen LogP contribution < -0.4 is 11.1 Å². The fourth-order valence-corrected chi connectivity index (χ4v) is 3.47. The number of carboxylic acid groups (broad SMARTS) is 1. The van der Waals surface area contributed by atoms with Crippen LogP contribution in [0.15, 0.2) is 0 Å². The molecule has 9 nitrogen and oxygen atoms in total. The SMILES string of the molecule is CC(=O)OO.CCCCCCCCCCCC(=O)NCC(=O)O.CCCCCCCCCCCC(N)=O. The summed E-state index contributed by atoms with van der Waals surface area (Å²) in [6.45, 7) is 5.30. The van der Waals surface area contributed by atoms with Crippen molar-refractivity contribution in [3.05, 3.63) is 0 Å². The van der Waals surface area contributed by atoms with Crippen LogP contribution in [0.2, 0.25) is 0 Å². The van der Waals surface area contributed by atoms with E-state index in [9.17, 15) is 19.2 Å². The van der Waals surface area contributed by atoms with Crippen molar-refractivity contribution in [2.24, 2.45) is 5.73 Å². The largest absolute Gasteiger partial charge is 0.480 e. The van der Waals surface area contributed by atoms with Gasteiger partial charge in [-0.25, -0.2) is 4.79 Å². The zero-order valence-electron chi connectivity index (χ0n) is 23.9. The van der Waals surface area contributed by atoms with Crippen LogP contribution in [-0.4, -0.2) is 40.7 Å². The molecular weight excluding hydrogens is 476 g/mol. The fourth-order valence-electron chi connectivity index (χ4n) is 3.47. The molecular formula is C28H56N2O7. The Balaban J connectivity index is -0.000000539. The van der Waals surface area contributed by atoms with Crippen LogP contribution >= 0.6 is 0 Å². The fraction of sp³-hybridized carbons (Fsp3) is 0.857. The van der Waals surface area contributed by atoms with Crippen molar-refractivity contribution >= 4 is 23.8 Å². The van der Waals surface area contributed by atoms with Crippen molar-refractivity contribution in [2.75, 3.05) is 6.54 Å². The Hall–Kier alpha value is -2.16. The third-order valence-electron chi connectivity index (χ3n) is 5.60. The number of hydrogen-bond donors (Lipinski definition) is 4. The highest BCUT2D eigenvalue weighted by molar-refractivity contribution is 5.80. The van der Waals surface area contributed by atoms with Gasteiger partial charge in [-0.2, -0.15) is 5.26 Å². The molecule has 0 atom stereocenters.